The highest BCUT2D eigenvalue weighted by atomic mass is 19.1. The largest absolute Gasteiger partial charge is 0.306 e. The van der Waals surface area contributed by atoms with Crippen LogP contribution in [0.3, 0.4) is 0 Å². The van der Waals surface area contributed by atoms with Crippen molar-refractivity contribution >= 4 is 11.7 Å². The maximum Gasteiger partial charge on any atom is 0.262 e. The van der Waals surface area contributed by atoms with E-state index in [0.717, 1.165) is 34.6 Å². The lowest BCUT2D eigenvalue weighted by atomic mass is 10.1. The smallest absolute Gasteiger partial charge is 0.262 e. The molecule has 2 aromatic carbocycles. The molecule has 2 heterocycles. The van der Waals surface area contributed by atoms with Crippen molar-refractivity contribution in [3.63, 3.8) is 0 Å². The van der Waals surface area contributed by atoms with Crippen LogP contribution in [0.2, 0.25) is 0 Å². The third-order valence-electron chi connectivity index (χ3n) is 4.44. The van der Waals surface area contributed by atoms with E-state index in [1.807, 2.05) is 43.4 Å². The van der Waals surface area contributed by atoms with E-state index < -0.39 is 23.1 Å². The Morgan fingerprint density at radius 3 is 2.31 bits per heavy atom. The second kappa shape index (κ2) is 7.63. The second-order valence-corrected chi connectivity index (χ2v) is 6.39. The highest BCUT2D eigenvalue weighted by Crippen LogP contribution is 2.25. The van der Waals surface area contributed by atoms with E-state index in [-0.39, 0.29) is 5.82 Å². The number of halogens is 2. The molecule has 7 heteroatoms. The van der Waals surface area contributed by atoms with Crippen LogP contribution >= 0.6 is 0 Å². The summed E-state index contributed by atoms with van der Waals surface area (Å²) in [5.74, 6) is -2.57. The lowest BCUT2D eigenvalue weighted by Crippen LogP contribution is -2.16. The summed E-state index contributed by atoms with van der Waals surface area (Å²) in [5.41, 5.74) is 2.82. The van der Waals surface area contributed by atoms with Crippen molar-refractivity contribution in [3.05, 3.63) is 90.1 Å². The van der Waals surface area contributed by atoms with Crippen LogP contribution in [0.1, 0.15) is 10.4 Å². The number of benzene rings is 2. The number of aromatic nitrogens is 3. The number of nitrogens with zero attached hydrogens (tertiary/aromatic N) is 3. The minimum atomic E-state index is -0.928. The topological polar surface area (TPSA) is 59.8 Å². The maximum atomic E-state index is 13.7. The molecule has 0 atom stereocenters. The van der Waals surface area contributed by atoms with Crippen LogP contribution in [0.25, 0.3) is 22.5 Å². The maximum absolute atomic E-state index is 13.7. The molecule has 0 aliphatic rings. The summed E-state index contributed by atoms with van der Waals surface area (Å²) in [5, 5.41) is 6.93. The minimum Gasteiger partial charge on any atom is -0.306 e. The number of anilines is 1. The number of carbonyl (C=O) groups is 1. The second-order valence-electron chi connectivity index (χ2n) is 6.39. The summed E-state index contributed by atoms with van der Waals surface area (Å²) in [6.45, 7) is 0. The fraction of sp³-hybridized carbons (Fsp3) is 0.0455. The van der Waals surface area contributed by atoms with Gasteiger partial charge in [-0.1, -0.05) is 36.4 Å². The molecule has 0 unspecified atom stereocenters. The minimum absolute atomic E-state index is 0.187. The number of rotatable bonds is 4. The van der Waals surface area contributed by atoms with E-state index in [0.29, 0.717) is 0 Å². The van der Waals surface area contributed by atoms with Crippen LogP contribution in [0.5, 0.6) is 0 Å². The molecule has 1 N–H and O–H groups in total. The van der Waals surface area contributed by atoms with Gasteiger partial charge in [-0.2, -0.15) is 5.10 Å². The van der Waals surface area contributed by atoms with Crippen LogP contribution < -0.4 is 5.32 Å². The van der Waals surface area contributed by atoms with Crippen LogP contribution in [0.4, 0.5) is 14.6 Å². The monoisotopic (exact) mass is 390 g/mol. The summed E-state index contributed by atoms with van der Waals surface area (Å²) in [6.07, 6.45) is 1.57. The third kappa shape index (κ3) is 3.75. The number of amides is 1. The predicted molar refractivity (Wildman–Crippen MR) is 106 cm³/mol. The number of hydrogen-bond acceptors (Lipinski definition) is 3. The number of hydrogen-bond donors (Lipinski definition) is 1. The van der Waals surface area contributed by atoms with Crippen LogP contribution in [-0.2, 0) is 7.05 Å². The fourth-order valence-electron chi connectivity index (χ4n) is 3.00. The highest BCUT2D eigenvalue weighted by molar-refractivity contribution is 6.04. The van der Waals surface area contributed by atoms with Crippen LogP contribution in [-0.4, -0.2) is 20.7 Å². The molecule has 4 rings (SSSR count). The van der Waals surface area contributed by atoms with Gasteiger partial charge < -0.3 is 5.32 Å². The molecule has 0 saturated carbocycles. The molecule has 5 nitrogen and oxygen atoms in total. The van der Waals surface area contributed by atoms with Crippen molar-refractivity contribution in [3.8, 4) is 22.5 Å². The van der Waals surface area contributed by atoms with Gasteiger partial charge >= 0.3 is 0 Å². The fourth-order valence-corrected chi connectivity index (χ4v) is 3.00. The number of carbonyl (C=O) groups excluding carboxylic acids is 1. The van der Waals surface area contributed by atoms with E-state index in [1.165, 1.54) is 6.07 Å². The molecule has 0 fully saturated rings. The number of aryl methyl sites for hydroxylation is 1. The van der Waals surface area contributed by atoms with Crippen molar-refractivity contribution in [1.82, 2.24) is 14.8 Å². The first kappa shape index (κ1) is 18.5. The van der Waals surface area contributed by atoms with Crippen molar-refractivity contribution in [2.75, 3.05) is 5.32 Å². The summed E-state index contributed by atoms with van der Waals surface area (Å²) in [4.78, 5) is 16.4. The summed E-state index contributed by atoms with van der Waals surface area (Å²) < 4.78 is 29.2. The molecule has 0 radical (unpaired) electrons. The third-order valence-corrected chi connectivity index (χ3v) is 4.44. The predicted octanol–water partition coefficient (Wildman–Crippen LogP) is 4.68. The Kier molecular flexibility index (Phi) is 4.87. The van der Waals surface area contributed by atoms with Crippen molar-refractivity contribution in [2.45, 2.75) is 0 Å². The van der Waals surface area contributed by atoms with E-state index >= 15 is 0 Å². The normalized spacial score (nSPS) is 10.7. The first-order valence-electron chi connectivity index (χ1n) is 8.84. The lowest BCUT2D eigenvalue weighted by molar-refractivity contribution is 0.101. The Labute approximate surface area is 165 Å². The Morgan fingerprint density at radius 2 is 1.66 bits per heavy atom. The van der Waals surface area contributed by atoms with E-state index in [2.05, 4.69) is 15.4 Å². The molecule has 0 aliphatic heterocycles. The standard InChI is InChI=1S/C22H16F2N4O/c1-28-19(12-18(27-28)14-6-3-2-4-7-14)15-10-11-20(25-13-15)26-22(29)21-16(23)8-5-9-17(21)24/h2-13H,1H3,(H,25,26,29). The van der Waals surface area contributed by atoms with Gasteiger partial charge in [-0.3, -0.25) is 9.48 Å². The highest BCUT2D eigenvalue weighted by Gasteiger charge is 2.17. The van der Waals surface area contributed by atoms with Gasteiger partial charge in [0.1, 0.15) is 23.0 Å². The quantitative estimate of drug-likeness (QED) is 0.550. The van der Waals surface area contributed by atoms with Crippen molar-refractivity contribution in [2.24, 2.45) is 7.05 Å². The first-order valence-corrected chi connectivity index (χ1v) is 8.84. The summed E-state index contributed by atoms with van der Waals surface area (Å²) >= 11 is 0. The van der Waals surface area contributed by atoms with Gasteiger partial charge in [0.15, 0.2) is 0 Å². The van der Waals surface area contributed by atoms with Gasteiger partial charge in [-0.15, -0.1) is 0 Å². The molecule has 29 heavy (non-hydrogen) atoms. The zero-order chi connectivity index (χ0) is 20.4. The molecule has 2 aromatic heterocycles. The molecule has 0 aliphatic carbocycles. The number of pyridine rings is 1. The molecular weight excluding hydrogens is 374 g/mol. The zero-order valence-electron chi connectivity index (χ0n) is 15.4. The Hall–Kier alpha value is -3.87. The van der Waals surface area contributed by atoms with Gasteiger partial charge in [-0.25, -0.2) is 13.8 Å². The van der Waals surface area contributed by atoms with Crippen molar-refractivity contribution < 1.29 is 13.6 Å². The lowest BCUT2D eigenvalue weighted by Gasteiger charge is -2.07. The van der Waals surface area contributed by atoms with E-state index in [1.54, 1.807) is 23.0 Å². The zero-order valence-corrected chi connectivity index (χ0v) is 15.4. The van der Waals surface area contributed by atoms with Crippen LogP contribution in [0, 0.1) is 11.6 Å². The number of nitrogens with one attached hydrogen (secondary N) is 1. The Morgan fingerprint density at radius 1 is 0.931 bits per heavy atom. The van der Waals surface area contributed by atoms with Gasteiger partial charge in [0, 0.05) is 24.4 Å². The summed E-state index contributed by atoms with van der Waals surface area (Å²) in [6, 6.07) is 18.3. The SMILES string of the molecule is Cn1nc(-c2ccccc2)cc1-c1ccc(NC(=O)c2c(F)cccc2F)nc1. The molecule has 144 valence electrons. The molecular formula is C22H16F2N4O. The van der Waals surface area contributed by atoms with Gasteiger partial charge in [0.2, 0.25) is 0 Å². The molecule has 0 saturated heterocycles. The van der Waals surface area contributed by atoms with Gasteiger partial charge in [0.05, 0.1) is 11.4 Å². The van der Waals surface area contributed by atoms with Crippen molar-refractivity contribution in [1.29, 1.82) is 0 Å². The Balaban J connectivity index is 1.56. The molecule has 1 amide bonds. The van der Waals surface area contributed by atoms with E-state index in [4.69, 9.17) is 0 Å². The van der Waals surface area contributed by atoms with E-state index in [9.17, 15) is 13.6 Å². The first-order chi connectivity index (χ1) is 14.0. The van der Waals surface area contributed by atoms with Crippen LogP contribution in [0.15, 0.2) is 72.9 Å². The van der Waals surface area contributed by atoms with Gasteiger partial charge in [0.25, 0.3) is 5.91 Å². The summed E-state index contributed by atoms with van der Waals surface area (Å²) in [7, 11) is 1.83. The molecule has 4 aromatic rings. The molecule has 0 spiro atoms. The average Bonchev–Trinajstić information content (AvgIpc) is 3.11. The average molecular weight is 390 g/mol. The Bertz CT molecular complexity index is 1150. The molecule has 0 bridgehead atoms. The van der Waals surface area contributed by atoms with Gasteiger partial charge in [-0.05, 0) is 30.3 Å².